The molecule has 1 N–H and O–H groups in total. The van der Waals surface area contributed by atoms with Crippen LogP contribution in [0.4, 0.5) is 0 Å². The molecule has 0 fully saturated rings. The Bertz CT molecular complexity index is 627. The number of benzene rings is 2. The van der Waals surface area contributed by atoms with Crippen molar-refractivity contribution in [1.82, 2.24) is 0 Å². The maximum absolute atomic E-state index is 10.3. The van der Waals surface area contributed by atoms with Crippen LogP contribution >= 0.6 is 15.9 Å². The minimum Gasteiger partial charge on any atom is -0.496 e. The van der Waals surface area contributed by atoms with Crippen LogP contribution in [0, 0.1) is 0 Å². The Labute approximate surface area is 126 Å². The van der Waals surface area contributed by atoms with E-state index in [1.807, 2.05) is 42.5 Å². The van der Waals surface area contributed by atoms with Gasteiger partial charge in [0.05, 0.1) is 13.2 Å². The van der Waals surface area contributed by atoms with Crippen molar-refractivity contribution in [3.8, 4) is 11.5 Å². The molecule has 1 aliphatic rings. The van der Waals surface area contributed by atoms with E-state index in [1.54, 1.807) is 7.11 Å². The Kier molecular flexibility index (Phi) is 3.68. The summed E-state index contributed by atoms with van der Waals surface area (Å²) in [6.07, 6.45) is -0.218. The fraction of sp³-hybridized carbons (Fsp3) is 0.250. The number of aliphatic hydroxyl groups excluding tert-OH is 1. The van der Waals surface area contributed by atoms with Gasteiger partial charge in [0.2, 0.25) is 0 Å². The highest BCUT2D eigenvalue weighted by Crippen LogP contribution is 2.43. The highest BCUT2D eigenvalue weighted by molar-refractivity contribution is 9.10. The minimum atomic E-state index is -0.536. The summed E-state index contributed by atoms with van der Waals surface area (Å²) in [4.78, 5) is 0. The predicted octanol–water partition coefficient (Wildman–Crippen LogP) is 4.01. The number of halogens is 1. The molecule has 3 nitrogen and oxygen atoms in total. The highest BCUT2D eigenvalue weighted by atomic mass is 79.9. The third-order valence-corrected chi connectivity index (χ3v) is 4.02. The maximum atomic E-state index is 10.3. The molecule has 4 heteroatoms. The van der Waals surface area contributed by atoms with Crippen LogP contribution < -0.4 is 9.47 Å². The predicted molar refractivity (Wildman–Crippen MR) is 80.1 cm³/mol. The fourth-order valence-corrected chi connectivity index (χ4v) is 2.92. The van der Waals surface area contributed by atoms with Crippen LogP contribution in [0.2, 0.25) is 0 Å². The number of hydrogen-bond acceptors (Lipinski definition) is 3. The second kappa shape index (κ2) is 5.46. The molecule has 0 amide bonds. The van der Waals surface area contributed by atoms with Crippen molar-refractivity contribution in [2.24, 2.45) is 0 Å². The molecular formula is C16H15BrO3. The molecule has 2 aromatic carbocycles. The average Bonchev–Trinajstić information content (AvgIpc) is 2.47. The number of rotatable bonds is 2. The summed E-state index contributed by atoms with van der Waals surface area (Å²) in [6, 6.07) is 13.4. The zero-order valence-corrected chi connectivity index (χ0v) is 12.6. The largest absolute Gasteiger partial charge is 0.496 e. The van der Waals surface area contributed by atoms with Gasteiger partial charge < -0.3 is 14.6 Å². The lowest BCUT2D eigenvalue weighted by Crippen LogP contribution is -2.19. The number of hydrogen-bond donors (Lipinski definition) is 1. The van der Waals surface area contributed by atoms with E-state index in [0.717, 1.165) is 27.1 Å². The summed E-state index contributed by atoms with van der Waals surface area (Å²) in [6.45, 7) is 0. The zero-order valence-electron chi connectivity index (χ0n) is 11.0. The third-order valence-electron chi connectivity index (χ3n) is 3.52. The zero-order chi connectivity index (χ0) is 14.1. The van der Waals surface area contributed by atoms with Gasteiger partial charge in [0.25, 0.3) is 0 Å². The van der Waals surface area contributed by atoms with Crippen LogP contribution in [0.1, 0.15) is 29.8 Å². The molecular weight excluding hydrogens is 320 g/mol. The van der Waals surface area contributed by atoms with E-state index >= 15 is 0 Å². The van der Waals surface area contributed by atoms with Gasteiger partial charge in [-0.25, -0.2) is 0 Å². The van der Waals surface area contributed by atoms with Crippen molar-refractivity contribution in [2.75, 3.05) is 7.11 Å². The van der Waals surface area contributed by atoms with Crippen molar-refractivity contribution in [3.63, 3.8) is 0 Å². The summed E-state index contributed by atoms with van der Waals surface area (Å²) < 4.78 is 12.3. The number of ether oxygens (including phenoxy) is 2. The molecule has 0 saturated carbocycles. The molecule has 0 radical (unpaired) electrons. The Balaban J connectivity index is 1.97. The van der Waals surface area contributed by atoms with Gasteiger partial charge in [-0.05, 0) is 24.3 Å². The second-order valence-corrected chi connectivity index (χ2v) is 5.70. The van der Waals surface area contributed by atoms with E-state index in [1.165, 1.54) is 0 Å². The van der Waals surface area contributed by atoms with E-state index in [-0.39, 0.29) is 6.10 Å². The maximum Gasteiger partial charge on any atom is 0.130 e. The second-order valence-electron chi connectivity index (χ2n) is 4.78. The number of aliphatic hydroxyl groups is 1. The normalized spacial score (nSPS) is 20.9. The van der Waals surface area contributed by atoms with Crippen molar-refractivity contribution in [2.45, 2.75) is 18.6 Å². The molecule has 104 valence electrons. The molecule has 2 atom stereocenters. The van der Waals surface area contributed by atoms with Crippen LogP contribution in [0.25, 0.3) is 0 Å². The van der Waals surface area contributed by atoms with E-state index in [4.69, 9.17) is 9.47 Å². The van der Waals surface area contributed by atoms with E-state index in [0.29, 0.717) is 6.42 Å². The number of para-hydroxylation sites is 1. The monoisotopic (exact) mass is 334 g/mol. The van der Waals surface area contributed by atoms with Gasteiger partial charge in [0.15, 0.2) is 0 Å². The van der Waals surface area contributed by atoms with E-state index in [2.05, 4.69) is 15.9 Å². The van der Waals surface area contributed by atoms with Gasteiger partial charge >= 0.3 is 0 Å². The van der Waals surface area contributed by atoms with Crippen LogP contribution in [-0.4, -0.2) is 12.2 Å². The van der Waals surface area contributed by atoms with E-state index in [9.17, 15) is 5.11 Å². The topological polar surface area (TPSA) is 38.7 Å². The first kappa shape index (κ1) is 13.5. The lowest BCUT2D eigenvalue weighted by atomic mass is 9.94. The highest BCUT2D eigenvalue weighted by Gasteiger charge is 2.29. The Morgan fingerprint density at radius 1 is 1.20 bits per heavy atom. The van der Waals surface area contributed by atoms with Gasteiger partial charge in [0, 0.05) is 22.0 Å². The van der Waals surface area contributed by atoms with Crippen LogP contribution in [0.3, 0.4) is 0 Å². The van der Waals surface area contributed by atoms with Gasteiger partial charge in [-0.15, -0.1) is 0 Å². The third kappa shape index (κ3) is 2.41. The molecule has 1 heterocycles. The SMILES string of the molecule is COc1ccccc1C1C[C@H](O)c2cc(Br)ccc2O1. The first-order chi connectivity index (χ1) is 9.69. The summed E-state index contributed by atoms with van der Waals surface area (Å²) in [5.74, 6) is 1.51. The molecule has 1 unspecified atom stereocenters. The molecule has 0 spiro atoms. The quantitative estimate of drug-likeness (QED) is 0.901. The molecule has 1 aliphatic heterocycles. The van der Waals surface area contributed by atoms with Gasteiger partial charge in [0.1, 0.15) is 17.6 Å². The Hall–Kier alpha value is -1.52. The van der Waals surface area contributed by atoms with Crippen molar-refractivity contribution >= 4 is 15.9 Å². The van der Waals surface area contributed by atoms with Gasteiger partial charge in [-0.3, -0.25) is 0 Å². The summed E-state index contributed by atoms with van der Waals surface area (Å²) >= 11 is 3.41. The van der Waals surface area contributed by atoms with Crippen LogP contribution in [-0.2, 0) is 0 Å². The van der Waals surface area contributed by atoms with Crippen LogP contribution in [0.5, 0.6) is 11.5 Å². The summed E-state index contributed by atoms with van der Waals surface area (Å²) in [5.41, 5.74) is 1.79. The molecule has 0 aliphatic carbocycles. The van der Waals surface area contributed by atoms with Crippen LogP contribution in [0.15, 0.2) is 46.9 Å². The molecule has 20 heavy (non-hydrogen) atoms. The molecule has 0 aromatic heterocycles. The van der Waals surface area contributed by atoms with Gasteiger partial charge in [-0.2, -0.15) is 0 Å². The lowest BCUT2D eigenvalue weighted by Gasteiger charge is -2.30. The average molecular weight is 335 g/mol. The van der Waals surface area contributed by atoms with Crippen molar-refractivity contribution in [3.05, 3.63) is 58.1 Å². The molecule has 2 aromatic rings. The Morgan fingerprint density at radius 2 is 2.00 bits per heavy atom. The van der Waals surface area contributed by atoms with Crippen molar-refractivity contribution in [1.29, 1.82) is 0 Å². The minimum absolute atomic E-state index is 0.199. The lowest BCUT2D eigenvalue weighted by molar-refractivity contribution is 0.0644. The fourth-order valence-electron chi connectivity index (χ4n) is 2.54. The Morgan fingerprint density at radius 3 is 2.80 bits per heavy atom. The molecule has 3 rings (SSSR count). The first-order valence-electron chi connectivity index (χ1n) is 6.46. The van der Waals surface area contributed by atoms with E-state index < -0.39 is 6.10 Å². The van der Waals surface area contributed by atoms with Crippen molar-refractivity contribution < 1.29 is 14.6 Å². The standard InChI is InChI=1S/C16H15BrO3/c1-19-14-5-3-2-4-11(14)16-9-13(18)12-8-10(17)6-7-15(12)20-16/h2-8,13,16,18H,9H2,1H3/t13-,16?/m0/s1. The molecule has 0 bridgehead atoms. The first-order valence-corrected chi connectivity index (χ1v) is 7.25. The smallest absolute Gasteiger partial charge is 0.130 e. The molecule has 0 saturated heterocycles. The summed E-state index contributed by atoms with van der Waals surface area (Å²) in [5, 5.41) is 10.3. The summed E-state index contributed by atoms with van der Waals surface area (Å²) in [7, 11) is 1.64. The number of fused-ring (bicyclic) bond motifs is 1. The van der Waals surface area contributed by atoms with Gasteiger partial charge in [-0.1, -0.05) is 34.1 Å². The number of methoxy groups -OCH3 is 1.